The lowest BCUT2D eigenvalue weighted by molar-refractivity contribution is -0.142. The van der Waals surface area contributed by atoms with Gasteiger partial charge in [-0.1, -0.05) is 0 Å². The van der Waals surface area contributed by atoms with E-state index >= 15 is 0 Å². The molecule has 1 heterocycles. The molecule has 0 aromatic carbocycles. The van der Waals surface area contributed by atoms with Crippen molar-refractivity contribution in [1.82, 2.24) is 20.2 Å². The summed E-state index contributed by atoms with van der Waals surface area (Å²) in [5.74, 6) is 0.120. The van der Waals surface area contributed by atoms with Crippen molar-refractivity contribution in [2.24, 2.45) is 4.99 Å². The fraction of sp³-hybridized carbons (Fsp3) is 0.800. The summed E-state index contributed by atoms with van der Waals surface area (Å²) in [5, 5.41) is 10.9. The SMILES string of the molecule is CN(CCN=C1NN(C)C(=O)N(C)C1O)CC(F)(F)F. The number of hydrazine groups is 1. The number of aliphatic hydroxyl groups excluding tert-OH is 1. The molecule has 1 aliphatic heterocycles. The highest BCUT2D eigenvalue weighted by Crippen LogP contribution is 2.15. The Morgan fingerprint density at radius 1 is 1.45 bits per heavy atom. The molecule has 1 fully saturated rings. The van der Waals surface area contributed by atoms with Crippen molar-refractivity contribution in [2.45, 2.75) is 12.4 Å². The third kappa shape index (κ3) is 4.53. The van der Waals surface area contributed by atoms with Crippen LogP contribution in [0, 0.1) is 0 Å². The Labute approximate surface area is 114 Å². The smallest absolute Gasteiger partial charge is 0.367 e. The van der Waals surface area contributed by atoms with Crippen LogP contribution in [0.4, 0.5) is 18.0 Å². The Morgan fingerprint density at radius 3 is 2.60 bits per heavy atom. The van der Waals surface area contributed by atoms with Gasteiger partial charge in [0.15, 0.2) is 12.1 Å². The van der Waals surface area contributed by atoms with Gasteiger partial charge in [-0.2, -0.15) is 13.2 Å². The predicted octanol–water partition coefficient (Wildman–Crippen LogP) is -0.301. The Morgan fingerprint density at radius 2 is 2.05 bits per heavy atom. The summed E-state index contributed by atoms with van der Waals surface area (Å²) < 4.78 is 36.3. The predicted molar refractivity (Wildman–Crippen MR) is 65.9 cm³/mol. The standard InChI is InChI=1S/C10H18F3N5O2/c1-16(6-10(11,12)13)5-4-14-7-8(19)17(2)9(20)18(3)15-7/h8,19H,4-6H2,1-3H3,(H,14,15). The Kier molecular flexibility index (Phi) is 5.17. The topological polar surface area (TPSA) is 71.4 Å². The van der Waals surface area contributed by atoms with Crippen LogP contribution < -0.4 is 5.43 Å². The number of urea groups is 1. The number of halogens is 3. The van der Waals surface area contributed by atoms with Crippen molar-refractivity contribution < 1.29 is 23.1 Å². The summed E-state index contributed by atoms with van der Waals surface area (Å²) in [6.07, 6.45) is -5.48. The molecule has 0 bridgehead atoms. The average molecular weight is 297 g/mol. The maximum Gasteiger partial charge on any atom is 0.401 e. The third-order valence-electron chi connectivity index (χ3n) is 2.70. The van der Waals surface area contributed by atoms with Gasteiger partial charge in [-0.15, -0.1) is 0 Å². The van der Waals surface area contributed by atoms with E-state index in [2.05, 4.69) is 10.4 Å². The van der Waals surface area contributed by atoms with Crippen LogP contribution in [0.15, 0.2) is 4.99 Å². The molecule has 1 saturated heterocycles. The first-order valence-electron chi connectivity index (χ1n) is 5.86. The highest BCUT2D eigenvalue weighted by atomic mass is 19.4. The lowest BCUT2D eigenvalue weighted by Crippen LogP contribution is -2.63. The van der Waals surface area contributed by atoms with Gasteiger partial charge in [0.2, 0.25) is 0 Å². The van der Waals surface area contributed by atoms with Gasteiger partial charge >= 0.3 is 12.2 Å². The summed E-state index contributed by atoms with van der Waals surface area (Å²) in [6, 6.07) is -0.439. The minimum atomic E-state index is -4.25. The average Bonchev–Trinajstić information content (AvgIpc) is 2.30. The van der Waals surface area contributed by atoms with Gasteiger partial charge in [-0.05, 0) is 7.05 Å². The number of carbonyl (C=O) groups excluding carboxylic acids is 1. The van der Waals surface area contributed by atoms with Crippen LogP contribution in [-0.2, 0) is 0 Å². The van der Waals surface area contributed by atoms with E-state index in [1.165, 1.54) is 21.1 Å². The van der Waals surface area contributed by atoms with Crippen molar-refractivity contribution in [3.05, 3.63) is 0 Å². The van der Waals surface area contributed by atoms with Crippen LogP contribution in [0.25, 0.3) is 0 Å². The maximum atomic E-state index is 12.1. The zero-order valence-corrected chi connectivity index (χ0v) is 11.5. The molecule has 20 heavy (non-hydrogen) atoms. The van der Waals surface area contributed by atoms with E-state index in [-0.39, 0.29) is 18.9 Å². The number of hydrogen-bond donors (Lipinski definition) is 2. The molecule has 1 unspecified atom stereocenters. The second kappa shape index (κ2) is 6.27. The summed E-state index contributed by atoms with van der Waals surface area (Å²) in [6.45, 7) is -0.868. The fourth-order valence-electron chi connectivity index (χ4n) is 1.65. The van der Waals surface area contributed by atoms with Crippen LogP contribution in [0.3, 0.4) is 0 Å². The quantitative estimate of drug-likeness (QED) is 0.747. The molecule has 2 N–H and O–H groups in total. The van der Waals surface area contributed by atoms with E-state index < -0.39 is 25.0 Å². The third-order valence-corrected chi connectivity index (χ3v) is 2.70. The number of amides is 2. The van der Waals surface area contributed by atoms with E-state index in [9.17, 15) is 23.1 Å². The van der Waals surface area contributed by atoms with Crippen molar-refractivity contribution in [3.8, 4) is 0 Å². The molecule has 0 spiro atoms. The highest BCUT2D eigenvalue weighted by Gasteiger charge is 2.32. The van der Waals surface area contributed by atoms with Crippen molar-refractivity contribution in [3.63, 3.8) is 0 Å². The van der Waals surface area contributed by atoms with Crippen LogP contribution in [0.2, 0.25) is 0 Å². The van der Waals surface area contributed by atoms with Crippen LogP contribution >= 0.6 is 0 Å². The summed E-state index contributed by atoms with van der Waals surface area (Å²) >= 11 is 0. The van der Waals surface area contributed by atoms with Gasteiger partial charge in [-0.25, -0.2) is 9.80 Å². The Bertz CT molecular complexity index is 388. The highest BCUT2D eigenvalue weighted by molar-refractivity contribution is 5.94. The van der Waals surface area contributed by atoms with Gasteiger partial charge in [0.25, 0.3) is 0 Å². The number of likely N-dealkylation sites (N-methyl/N-ethyl adjacent to an activating group) is 2. The van der Waals surface area contributed by atoms with Crippen molar-refractivity contribution >= 4 is 11.9 Å². The van der Waals surface area contributed by atoms with Crippen molar-refractivity contribution in [1.29, 1.82) is 0 Å². The lowest BCUT2D eigenvalue weighted by atomic mass is 10.4. The minimum Gasteiger partial charge on any atom is -0.367 e. The molecule has 0 aliphatic carbocycles. The number of hydrogen-bond acceptors (Lipinski definition) is 4. The first-order chi connectivity index (χ1) is 9.11. The van der Waals surface area contributed by atoms with Crippen LogP contribution in [0.5, 0.6) is 0 Å². The molecule has 1 aliphatic rings. The minimum absolute atomic E-state index is 0.0713. The van der Waals surface area contributed by atoms with E-state index in [0.29, 0.717) is 0 Å². The molecular formula is C10H18F3N5O2. The van der Waals surface area contributed by atoms with E-state index in [0.717, 1.165) is 14.8 Å². The van der Waals surface area contributed by atoms with Gasteiger partial charge < -0.3 is 5.11 Å². The lowest BCUT2D eigenvalue weighted by Gasteiger charge is -2.36. The number of amidine groups is 1. The first-order valence-corrected chi connectivity index (χ1v) is 5.86. The number of nitrogens with zero attached hydrogens (tertiary/aromatic N) is 4. The summed E-state index contributed by atoms with van der Waals surface area (Å²) in [5.41, 5.74) is 2.57. The normalized spacial score (nSPS) is 22.7. The van der Waals surface area contributed by atoms with Crippen LogP contribution in [-0.4, -0.2) is 85.0 Å². The molecule has 1 atom stereocenters. The van der Waals surface area contributed by atoms with Crippen molar-refractivity contribution in [2.75, 3.05) is 40.8 Å². The number of carbonyl (C=O) groups is 1. The Balaban J connectivity index is 2.51. The van der Waals surface area contributed by atoms with Gasteiger partial charge in [0.05, 0.1) is 13.1 Å². The molecule has 0 radical (unpaired) electrons. The largest absolute Gasteiger partial charge is 0.401 e. The Hall–Kier alpha value is -1.55. The van der Waals surface area contributed by atoms with Crippen LogP contribution in [0.1, 0.15) is 0 Å². The number of alkyl halides is 3. The number of aliphatic imine (C=N–C) groups is 1. The molecule has 0 saturated carbocycles. The number of aliphatic hydroxyl groups is 1. The molecular weight excluding hydrogens is 279 g/mol. The maximum absolute atomic E-state index is 12.1. The van der Waals surface area contributed by atoms with E-state index in [1.54, 1.807) is 0 Å². The van der Waals surface area contributed by atoms with E-state index in [4.69, 9.17) is 0 Å². The fourth-order valence-corrected chi connectivity index (χ4v) is 1.65. The molecule has 0 aromatic heterocycles. The molecule has 7 nitrogen and oxygen atoms in total. The zero-order valence-electron chi connectivity index (χ0n) is 11.5. The second-order valence-electron chi connectivity index (χ2n) is 4.56. The van der Waals surface area contributed by atoms with Gasteiger partial charge in [0.1, 0.15) is 0 Å². The summed E-state index contributed by atoms with van der Waals surface area (Å²) in [7, 11) is 4.19. The summed E-state index contributed by atoms with van der Waals surface area (Å²) in [4.78, 5) is 17.6. The number of rotatable bonds is 4. The first kappa shape index (κ1) is 16.5. The second-order valence-corrected chi connectivity index (χ2v) is 4.56. The number of nitrogens with one attached hydrogen (secondary N) is 1. The van der Waals surface area contributed by atoms with Gasteiger partial charge in [-0.3, -0.25) is 20.2 Å². The molecule has 0 aromatic rings. The molecule has 2 amide bonds. The van der Waals surface area contributed by atoms with E-state index in [1.807, 2.05) is 0 Å². The molecule has 1 rings (SSSR count). The monoisotopic (exact) mass is 297 g/mol. The zero-order chi connectivity index (χ0) is 15.5. The molecule has 10 heteroatoms. The molecule has 116 valence electrons. The van der Waals surface area contributed by atoms with Gasteiger partial charge in [0, 0.05) is 20.6 Å².